The van der Waals surface area contributed by atoms with Gasteiger partial charge in [-0.15, -0.1) is 0 Å². The van der Waals surface area contributed by atoms with Gasteiger partial charge in [0.15, 0.2) is 0 Å². The molecule has 0 bridgehead atoms. The van der Waals surface area contributed by atoms with Crippen LogP contribution in [0.15, 0.2) is 48.1 Å². The highest BCUT2D eigenvalue weighted by molar-refractivity contribution is 14.1. The van der Waals surface area contributed by atoms with E-state index < -0.39 is 0 Å². The lowest BCUT2D eigenvalue weighted by Gasteiger charge is -2.15. The lowest BCUT2D eigenvalue weighted by molar-refractivity contribution is 0.830. The Morgan fingerprint density at radius 2 is 2.27 bits per heavy atom. The van der Waals surface area contributed by atoms with Crippen molar-refractivity contribution in [2.45, 2.75) is 12.3 Å². The summed E-state index contributed by atoms with van der Waals surface area (Å²) < 4.78 is 1.24. The van der Waals surface area contributed by atoms with Gasteiger partial charge in [-0.2, -0.15) is 5.26 Å². The number of hydrogen-bond acceptors (Lipinski definition) is 1. The maximum Gasteiger partial charge on any atom is 0.0947 e. The molecule has 1 atom stereocenters. The number of nitriles is 1. The minimum atomic E-state index is 0.361. The van der Waals surface area contributed by atoms with Crippen molar-refractivity contribution in [2.75, 3.05) is 0 Å². The Morgan fingerprint density at radius 3 is 3.00 bits per heavy atom. The Kier molecular flexibility index (Phi) is 3.22. The van der Waals surface area contributed by atoms with Gasteiger partial charge in [0.1, 0.15) is 0 Å². The number of rotatable bonds is 1. The van der Waals surface area contributed by atoms with Crippen LogP contribution < -0.4 is 0 Å². The zero-order valence-corrected chi connectivity index (χ0v) is 10.3. The van der Waals surface area contributed by atoms with Crippen LogP contribution in [0, 0.1) is 14.9 Å². The average Bonchev–Trinajstić information content (AvgIpc) is 2.29. The molecule has 1 nitrogen and oxygen atoms in total. The fourth-order valence-electron chi connectivity index (χ4n) is 1.73. The summed E-state index contributed by atoms with van der Waals surface area (Å²) in [7, 11) is 0. The van der Waals surface area contributed by atoms with Crippen LogP contribution in [0.25, 0.3) is 0 Å². The first kappa shape index (κ1) is 10.4. The van der Waals surface area contributed by atoms with E-state index in [4.69, 9.17) is 5.26 Å². The van der Waals surface area contributed by atoms with E-state index in [0.29, 0.717) is 5.92 Å². The molecule has 0 aliphatic heterocycles. The minimum absolute atomic E-state index is 0.361. The number of halogens is 1. The zero-order chi connectivity index (χ0) is 10.7. The van der Waals surface area contributed by atoms with E-state index in [1.165, 1.54) is 9.13 Å². The Morgan fingerprint density at radius 1 is 1.40 bits per heavy atom. The second kappa shape index (κ2) is 4.63. The molecule has 0 aromatic heterocycles. The Bertz CT molecular complexity index is 466. The summed E-state index contributed by atoms with van der Waals surface area (Å²) in [5.41, 5.74) is 2.15. The van der Waals surface area contributed by atoms with E-state index in [-0.39, 0.29) is 0 Å². The zero-order valence-electron chi connectivity index (χ0n) is 8.15. The highest BCUT2D eigenvalue weighted by atomic mass is 127. The van der Waals surface area contributed by atoms with Crippen molar-refractivity contribution in [1.82, 2.24) is 0 Å². The van der Waals surface area contributed by atoms with E-state index in [0.717, 1.165) is 12.0 Å². The van der Waals surface area contributed by atoms with E-state index in [1.54, 1.807) is 0 Å². The van der Waals surface area contributed by atoms with Gasteiger partial charge in [-0.3, -0.25) is 0 Å². The highest BCUT2D eigenvalue weighted by Crippen LogP contribution is 2.28. The summed E-state index contributed by atoms with van der Waals surface area (Å²) in [6.07, 6.45) is 6.86. The van der Waals surface area contributed by atoms with E-state index in [2.05, 4.69) is 59.0 Å². The monoisotopic (exact) mass is 307 g/mol. The first-order valence-electron chi connectivity index (χ1n) is 4.82. The molecule has 1 aliphatic carbocycles. The maximum atomic E-state index is 8.86. The summed E-state index contributed by atoms with van der Waals surface area (Å²) in [4.78, 5) is 0. The number of benzene rings is 1. The molecule has 1 unspecified atom stereocenters. The third kappa shape index (κ3) is 2.48. The van der Waals surface area contributed by atoms with Crippen molar-refractivity contribution in [1.29, 1.82) is 5.26 Å². The molecule has 0 N–H and O–H groups in total. The van der Waals surface area contributed by atoms with Crippen LogP contribution in [-0.4, -0.2) is 0 Å². The molecule has 15 heavy (non-hydrogen) atoms. The molecule has 2 rings (SSSR count). The van der Waals surface area contributed by atoms with Gasteiger partial charge in [0.25, 0.3) is 0 Å². The molecule has 0 radical (unpaired) electrons. The van der Waals surface area contributed by atoms with Crippen LogP contribution in [-0.2, 0) is 0 Å². The van der Waals surface area contributed by atoms with Crippen LogP contribution in [0.3, 0.4) is 0 Å². The smallest absolute Gasteiger partial charge is 0.0947 e. The molecule has 1 aromatic carbocycles. The molecule has 0 spiro atoms. The van der Waals surface area contributed by atoms with Gasteiger partial charge in [0.2, 0.25) is 0 Å². The largest absolute Gasteiger partial charge is 0.193 e. The SMILES string of the molecule is N#CC1=CC=CC(c2cccc(I)c2)C1. The van der Waals surface area contributed by atoms with E-state index in [1.807, 2.05) is 12.2 Å². The number of hydrogen-bond donors (Lipinski definition) is 0. The summed E-state index contributed by atoms with van der Waals surface area (Å²) in [6.45, 7) is 0. The first-order chi connectivity index (χ1) is 7.29. The summed E-state index contributed by atoms with van der Waals surface area (Å²) in [5.74, 6) is 0.361. The van der Waals surface area contributed by atoms with Crippen molar-refractivity contribution in [2.24, 2.45) is 0 Å². The van der Waals surface area contributed by atoms with Gasteiger partial charge < -0.3 is 0 Å². The molecule has 74 valence electrons. The van der Waals surface area contributed by atoms with Crippen LogP contribution in [0.2, 0.25) is 0 Å². The third-order valence-corrected chi connectivity index (χ3v) is 3.17. The Labute approximate surface area is 103 Å². The number of allylic oxidation sites excluding steroid dienone is 4. The Balaban J connectivity index is 2.25. The summed E-state index contributed by atoms with van der Waals surface area (Å²) in [6, 6.07) is 10.7. The van der Waals surface area contributed by atoms with Gasteiger partial charge in [-0.1, -0.05) is 24.3 Å². The fourth-order valence-corrected chi connectivity index (χ4v) is 2.30. The molecule has 0 amide bonds. The standard InChI is InChI=1S/C13H10IN/c14-13-6-2-5-12(8-13)11-4-1-3-10(7-11)9-15/h1-6,8,11H,7H2. The normalized spacial score (nSPS) is 19.5. The van der Waals surface area contributed by atoms with Crippen molar-refractivity contribution < 1.29 is 0 Å². The van der Waals surface area contributed by atoms with Gasteiger partial charge in [-0.05, 0) is 52.8 Å². The number of nitrogens with zero attached hydrogens (tertiary/aromatic N) is 1. The predicted octanol–water partition coefficient (Wildman–Crippen LogP) is 3.78. The first-order valence-corrected chi connectivity index (χ1v) is 5.90. The summed E-state index contributed by atoms with van der Waals surface area (Å²) in [5, 5.41) is 8.86. The van der Waals surface area contributed by atoms with Crippen LogP contribution >= 0.6 is 22.6 Å². The van der Waals surface area contributed by atoms with Gasteiger partial charge in [-0.25, -0.2) is 0 Å². The molecule has 0 saturated heterocycles. The molecule has 0 saturated carbocycles. The van der Waals surface area contributed by atoms with E-state index in [9.17, 15) is 0 Å². The molecule has 0 fully saturated rings. The second-order valence-electron chi connectivity index (χ2n) is 3.55. The lowest BCUT2D eigenvalue weighted by Crippen LogP contribution is -2.00. The third-order valence-electron chi connectivity index (χ3n) is 2.50. The van der Waals surface area contributed by atoms with Gasteiger partial charge in [0.05, 0.1) is 6.07 Å². The predicted molar refractivity (Wildman–Crippen MR) is 69.4 cm³/mol. The average molecular weight is 307 g/mol. The Hall–Kier alpha value is -1.08. The lowest BCUT2D eigenvalue weighted by atomic mass is 9.89. The molecular weight excluding hydrogens is 297 g/mol. The molecule has 2 heteroatoms. The van der Waals surface area contributed by atoms with Gasteiger partial charge in [0, 0.05) is 15.1 Å². The topological polar surface area (TPSA) is 23.8 Å². The molecular formula is C13H10IN. The fraction of sp³-hybridized carbons (Fsp3) is 0.154. The van der Waals surface area contributed by atoms with Crippen molar-refractivity contribution >= 4 is 22.6 Å². The van der Waals surface area contributed by atoms with Gasteiger partial charge >= 0.3 is 0 Å². The summed E-state index contributed by atoms with van der Waals surface area (Å²) >= 11 is 2.31. The molecule has 0 heterocycles. The molecule has 1 aliphatic rings. The van der Waals surface area contributed by atoms with Crippen molar-refractivity contribution in [3.05, 3.63) is 57.2 Å². The second-order valence-corrected chi connectivity index (χ2v) is 4.80. The van der Waals surface area contributed by atoms with Crippen molar-refractivity contribution in [3.8, 4) is 6.07 Å². The molecule has 1 aromatic rings. The van der Waals surface area contributed by atoms with Crippen LogP contribution in [0.4, 0.5) is 0 Å². The van der Waals surface area contributed by atoms with Crippen LogP contribution in [0.5, 0.6) is 0 Å². The minimum Gasteiger partial charge on any atom is -0.193 e. The van der Waals surface area contributed by atoms with E-state index >= 15 is 0 Å². The van der Waals surface area contributed by atoms with Crippen molar-refractivity contribution in [3.63, 3.8) is 0 Å². The van der Waals surface area contributed by atoms with Crippen LogP contribution in [0.1, 0.15) is 17.9 Å². The maximum absolute atomic E-state index is 8.86. The quantitative estimate of drug-likeness (QED) is 0.724. The highest BCUT2D eigenvalue weighted by Gasteiger charge is 2.13.